The summed E-state index contributed by atoms with van der Waals surface area (Å²) in [7, 11) is 4.59. The number of benzene rings is 2. The zero-order valence-corrected chi connectivity index (χ0v) is 17.5. The monoisotopic (exact) mass is 401 g/mol. The average Bonchev–Trinajstić information content (AvgIpc) is 2.72. The highest BCUT2D eigenvalue weighted by atomic mass is 16.5. The quantitative estimate of drug-likeness (QED) is 0.651. The van der Waals surface area contributed by atoms with Crippen molar-refractivity contribution in [2.75, 3.05) is 27.9 Å². The molecule has 0 radical (unpaired) electrons. The molecule has 2 aromatic rings. The SMILES string of the molecule is COc1cc(OC)c(OC)cc1CNC(=O)COC(=O)Cc1ccc(C)c(C)c1. The molecule has 0 unspecified atom stereocenters. The minimum Gasteiger partial charge on any atom is -0.496 e. The molecule has 156 valence electrons. The largest absolute Gasteiger partial charge is 0.496 e. The van der Waals surface area contributed by atoms with Crippen molar-refractivity contribution in [2.24, 2.45) is 0 Å². The summed E-state index contributed by atoms with van der Waals surface area (Å²) in [5, 5.41) is 2.71. The van der Waals surface area contributed by atoms with Crippen molar-refractivity contribution in [3.8, 4) is 17.2 Å². The Kier molecular flexibility index (Phi) is 7.88. The summed E-state index contributed by atoms with van der Waals surface area (Å²) < 4.78 is 20.9. The van der Waals surface area contributed by atoms with Crippen LogP contribution in [0.2, 0.25) is 0 Å². The van der Waals surface area contributed by atoms with Gasteiger partial charge in [0, 0.05) is 18.2 Å². The number of rotatable bonds is 9. The first-order valence-electron chi connectivity index (χ1n) is 9.15. The third-order valence-electron chi connectivity index (χ3n) is 4.55. The molecule has 7 heteroatoms. The van der Waals surface area contributed by atoms with Crippen molar-refractivity contribution in [1.82, 2.24) is 5.32 Å². The van der Waals surface area contributed by atoms with E-state index in [1.807, 2.05) is 32.0 Å². The molecule has 0 aliphatic rings. The molecule has 0 aromatic heterocycles. The Hall–Kier alpha value is -3.22. The molecule has 29 heavy (non-hydrogen) atoms. The molecule has 2 aromatic carbocycles. The zero-order chi connectivity index (χ0) is 21.4. The third kappa shape index (κ3) is 6.14. The number of hydrogen-bond acceptors (Lipinski definition) is 6. The van der Waals surface area contributed by atoms with Crippen LogP contribution in [0.3, 0.4) is 0 Å². The number of ether oxygens (including phenoxy) is 4. The summed E-state index contributed by atoms with van der Waals surface area (Å²) in [6, 6.07) is 9.20. The van der Waals surface area contributed by atoms with Crippen LogP contribution >= 0.6 is 0 Å². The van der Waals surface area contributed by atoms with Gasteiger partial charge in [0.25, 0.3) is 5.91 Å². The van der Waals surface area contributed by atoms with E-state index >= 15 is 0 Å². The Morgan fingerprint density at radius 1 is 0.862 bits per heavy atom. The smallest absolute Gasteiger partial charge is 0.310 e. The van der Waals surface area contributed by atoms with E-state index in [9.17, 15) is 9.59 Å². The number of esters is 1. The lowest BCUT2D eigenvalue weighted by Crippen LogP contribution is -2.28. The van der Waals surface area contributed by atoms with Gasteiger partial charge in [0.2, 0.25) is 0 Å². The lowest BCUT2D eigenvalue weighted by Gasteiger charge is -2.14. The highest BCUT2D eigenvalue weighted by Gasteiger charge is 2.14. The minimum atomic E-state index is -0.452. The fraction of sp³-hybridized carbons (Fsp3) is 0.364. The van der Waals surface area contributed by atoms with Gasteiger partial charge in [0.15, 0.2) is 18.1 Å². The Bertz CT molecular complexity index is 878. The lowest BCUT2D eigenvalue weighted by molar-refractivity contribution is -0.147. The summed E-state index contributed by atoms with van der Waals surface area (Å²) in [5.41, 5.74) is 3.83. The number of aryl methyl sites for hydroxylation is 2. The van der Waals surface area contributed by atoms with Gasteiger partial charge >= 0.3 is 5.97 Å². The van der Waals surface area contributed by atoms with Crippen LogP contribution in [0.25, 0.3) is 0 Å². The summed E-state index contributed by atoms with van der Waals surface area (Å²) in [5.74, 6) is 0.745. The van der Waals surface area contributed by atoms with E-state index in [-0.39, 0.29) is 19.6 Å². The van der Waals surface area contributed by atoms with Crippen LogP contribution in [0.4, 0.5) is 0 Å². The molecule has 1 N–H and O–H groups in total. The molecule has 0 saturated carbocycles. The van der Waals surface area contributed by atoms with E-state index < -0.39 is 11.9 Å². The topological polar surface area (TPSA) is 83.1 Å². The van der Waals surface area contributed by atoms with Crippen molar-refractivity contribution in [3.05, 3.63) is 52.6 Å². The number of carbonyl (C=O) groups is 2. The van der Waals surface area contributed by atoms with Crippen LogP contribution in [0.1, 0.15) is 22.3 Å². The molecule has 2 rings (SSSR count). The van der Waals surface area contributed by atoms with E-state index in [0.29, 0.717) is 22.8 Å². The molecule has 0 heterocycles. The predicted molar refractivity (Wildman–Crippen MR) is 109 cm³/mol. The molecule has 1 amide bonds. The van der Waals surface area contributed by atoms with Crippen LogP contribution < -0.4 is 19.5 Å². The predicted octanol–water partition coefficient (Wildman–Crippen LogP) is 2.73. The number of carbonyl (C=O) groups excluding carboxylic acids is 2. The summed E-state index contributed by atoms with van der Waals surface area (Å²) >= 11 is 0. The summed E-state index contributed by atoms with van der Waals surface area (Å²) in [6.45, 7) is 3.84. The van der Waals surface area contributed by atoms with Gasteiger partial charge < -0.3 is 24.3 Å². The second-order valence-corrected chi connectivity index (χ2v) is 6.55. The molecule has 0 aliphatic heterocycles. The highest BCUT2D eigenvalue weighted by Crippen LogP contribution is 2.34. The van der Waals surface area contributed by atoms with Crippen molar-refractivity contribution >= 4 is 11.9 Å². The maximum absolute atomic E-state index is 12.1. The Morgan fingerprint density at radius 3 is 2.14 bits per heavy atom. The Balaban J connectivity index is 1.88. The molecule has 0 atom stereocenters. The molecule has 7 nitrogen and oxygen atoms in total. The van der Waals surface area contributed by atoms with Gasteiger partial charge in [-0.3, -0.25) is 9.59 Å². The molecular weight excluding hydrogens is 374 g/mol. The van der Waals surface area contributed by atoms with E-state index in [1.165, 1.54) is 21.3 Å². The van der Waals surface area contributed by atoms with Crippen molar-refractivity contribution in [2.45, 2.75) is 26.8 Å². The minimum absolute atomic E-state index is 0.123. The Morgan fingerprint density at radius 2 is 1.52 bits per heavy atom. The van der Waals surface area contributed by atoms with Crippen LogP contribution in [0.15, 0.2) is 30.3 Å². The molecular formula is C22H27NO6. The van der Waals surface area contributed by atoms with Crippen molar-refractivity contribution in [3.63, 3.8) is 0 Å². The molecule has 0 bridgehead atoms. The second kappa shape index (κ2) is 10.4. The van der Waals surface area contributed by atoms with E-state index in [2.05, 4.69) is 5.32 Å². The number of nitrogens with one attached hydrogen (secondary N) is 1. The molecule has 0 saturated heterocycles. The summed E-state index contributed by atoms with van der Waals surface area (Å²) in [6.07, 6.45) is 0.123. The number of amides is 1. The highest BCUT2D eigenvalue weighted by molar-refractivity contribution is 5.81. The normalized spacial score (nSPS) is 10.2. The number of hydrogen-bond donors (Lipinski definition) is 1. The number of methoxy groups -OCH3 is 3. The van der Waals surface area contributed by atoms with Gasteiger partial charge in [-0.25, -0.2) is 0 Å². The van der Waals surface area contributed by atoms with Gasteiger partial charge in [0.05, 0.1) is 27.8 Å². The second-order valence-electron chi connectivity index (χ2n) is 6.55. The van der Waals surface area contributed by atoms with Crippen LogP contribution in [0.5, 0.6) is 17.2 Å². The standard InChI is InChI=1S/C22H27NO6/c1-14-6-7-16(8-15(14)2)9-22(25)29-13-21(24)23-12-17-10-19(27-4)20(28-5)11-18(17)26-3/h6-8,10-11H,9,12-13H2,1-5H3,(H,23,24). The first-order chi connectivity index (χ1) is 13.9. The lowest BCUT2D eigenvalue weighted by atomic mass is 10.0. The van der Waals surface area contributed by atoms with Crippen LogP contribution in [-0.2, 0) is 27.3 Å². The van der Waals surface area contributed by atoms with Crippen molar-refractivity contribution in [1.29, 1.82) is 0 Å². The Labute approximate surface area is 170 Å². The van der Waals surface area contributed by atoms with Crippen LogP contribution in [0, 0.1) is 13.8 Å². The zero-order valence-electron chi connectivity index (χ0n) is 17.5. The van der Waals surface area contributed by atoms with Gasteiger partial charge in [-0.05, 0) is 36.6 Å². The fourth-order valence-corrected chi connectivity index (χ4v) is 2.75. The van der Waals surface area contributed by atoms with E-state index in [1.54, 1.807) is 12.1 Å². The fourth-order valence-electron chi connectivity index (χ4n) is 2.75. The van der Waals surface area contributed by atoms with Gasteiger partial charge in [-0.2, -0.15) is 0 Å². The first-order valence-corrected chi connectivity index (χ1v) is 9.15. The average molecular weight is 401 g/mol. The maximum atomic E-state index is 12.1. The van der Waals surface area contributed by atoms with Gasteiger partial charge in [-0.15, -0.1) is 0 Å². The third-order valence-corrected chi connectivity index (χ3v) is 4.55. The van der Waals surface area contributed by atoms with Gasteiger partial charge in [-0.1, -0.05) is 18.2 Å². The first kappa shape index (κ1) is 22.1. The molecule has 0 aliphatic carbocycles. The van der Waals surface area contributed by atoms with Crippen LogP contribution in [-0.4, -0.2) is 39.8 Å². The van der Waals surface area contributed by atoms with Gasteiger partial charge in [0.1, 0.15) is 5.75 Å². The molecule has 0 spiro atoms. The van der Waals surface area contributed by atoms with E-state index in [0.717, 1.165) is 16.7 Å². The maximum Gasteiger partial charge on any atom is 0.310 e. The van der Waals surface area contributed by atoms with Crippen molar-refractivity contribution < 1.29 is 28.5 Å². The van der Waals surface area contributed by atoms with E-state index in [4.69, 9.17) is 18.9 Å². The molecule has 0 fully saturated rings. The summed E-state index contributed by atoms with van der Waals surface area (Å²) in [4.78, 5) is 24.1.